The lowest BCUT2D eigenvalue weighted by Crippen LogP contribution is -2.32. The standard InChI is InChI=1S/C20H23N7O2/c1-20(2,3)18-26-25-17(29-18)14-9-22-19(24-16(14)21)23-13-6-5-11-8-15(28)27(4)10-12(11)7-13/h5-7,9H,8,10H2,1-4H3,(H3,21,22,23,24). The van der Waals surface area contributed by atoms with Gasteiger partial charge in [0.15, 0.2) is 0 Å². The van der Waals surface area contributed by atoms with Crippen LogP contribution in [-0.2, 0) is 23.2 Å². The van der Waals surface area contributed by atoms with Gasteiger partial charge in [0, 0.05) is 30.9 Å². The van der Waals surface area contributed by atoms with Crippen LogP contribution in [0.3, 0.4) is 0 Å². The minimum Gasteiger partial charge on any atom is -0.420 e. The highest BCUT2D eigenvalue weighted by molar-refractivity contribution is 5.81. The fourth-order valence-corrected chi connectivity index (χ4v) is 3.05. The van der Waals surface area contributed by atoms with Gasteiger partial charge in [0.1, 0.15) is 5.82 Å². The Morgan fingerprint density at radius 3 is 2.69 bits per heavy atom. The molecule has 0 saturated heterocycles. The average Bonchev–Trinajstić information content (AvgIpc) is 3.13. The van der Waals surface area contributed by atoms with Gasteiger partial charge < -0.3 is 20.4 Å². The van der Waals surface area contributed by atoms with E-state index in [-0.39, 0.29) is 17.1 Å². The number of rotatable bonds is 3. The molecule has 0 atom stereocenters. The van der Waals surface area contributed by atoms with Crippen molar-refractivity contribution in [3.63, 3.8) is 0 Å². The van der Waals surface area contributed by atoms with Crippen LogP contribution < -0.4 is 11.1 Å². The van der Waals surface area contributed by atoms with E-state index in [2.05, 4.69) is 25.5 Å². The number of hydrogen-bond donors (Lipinski definition) is 2. The van der Waals surface area contributed by atoms with Crippen LogP contribution in [-0.4, -0.2) is 38.0 Å². The van der Waals surface area contributed by atoms with Crippen molar-refractivity contribution in [3.8, 4) is 11.5 Å². The van der Waals surface area contributed by atoms with Gasteiger partial charge in [-0.2, -0.15) is 4.98 Å². The molecule has 0 unspecified atom stereocenters. The third kappa shape index (κ3) is 3.75. The molecular formula is C20H23N7O2. The monoisotopic (exact) mass is 393 g/mol. The van der Waals surface area contributed by atoms with Crippen molar-refractivity contribution in [1.29, 1.82) is 0 Å². The first-order valence-corrected chi connectivity index (χ1v) is 9.30. The molecule has 0 spiro atoms. The van der Waals surface area contributed by atoms with Crippen molar-refractivity contribution in [2.24, 2.45) is 0 Å². The summed E-state index contributed by atoms with van der Waals surface area (Å²) in [6.07, 6.45) is 1.99. The number of benzene rings is 1. The van der Waals surface area contributed by atoms with Crippen molar-refractivity contribution in [2.75, 3.05) is 18.1 Å². The Kier molecular flexibility index (Phi) is 4.45. The van der Waals surface area contributed by atoms with Crippen LogP contribution in [0.5, 0.6) is 0 Å². The summed E-state index contributed by atoms with van der Waals surface area (Å²) in [5, 5.41) is 11.3. The number of aromatic nitrogens is 4. The molecule has 3 N–H and O–H groups in total. The third-order valence-corrected chi connectivity index (χ3v) is 4.75. The Morgan fingerprint density at radius 1 is 1.21 bits per heavy atom. The summed E-state index contributed by atoms with van der Waals surface area (Å²) in [7, 11) is 1.80. The second-order valence-corrected chi connectivity index (χ2v) is 8.19. The molecule has 1 aliphatic rings. The molecule has 1 aromatic carbocycles. The largest absolute Gasteiger partial charge is 0.420 e. The van der Waals surface area contributed by atoms with Crippen LogP contribution in [0.2, 0.25) is 0 Å². The number of nitrogens with two attached hydrogens (primary N) is 1. The predicted molar refractivity (Wildman–Crippen MR) is 108 cm³/mol. The summed E-state index contributed by atoms with van der Waals surface area (Å²) in [5.41, 5.74) is 9.31. The second-order valence-electron chi connectivity index (χ2n) is 8.19. The van der Waals surface area contributed by atoms with Crippen molar-refractivity contribution < 1.29 is 9.21 Å². The summed E-state index contributed by atoms with van der Waals surface area (Å²) >= 11 is 0. The van der Waals surface area contributed by atoms with Crippen molar-refractivity contribution >= 4 is 23.4 Å². The number of hydrogen-bond acceptors (Lipinski definition) is 8. The zero-order valence-electron chi connectivity index (χ0n) is 16.9. The first kappa shape index (κ1) is 18.9. The lowest BCUT2D eigenvalue weighted by molar-refractivity contribution is -0.130. The Morgan fingerprint density at radius 2 is 2.00 bits per heavy atom. The van der Waals surface area contributed by atoms with Crippen molar-refractivity contribution in [3.05, 3.63) is 41.4 Å². The molecule has 0 bridgehead atoms. The van der Waals surface area contributed by atoms with Gasteiger partial charge in [-0.3, -0.25) is 4.79 Å². The molecule has 29 heavy (non-hydrogen) atoms. The van der Waals surface area contributed by atoms with E-state index in [9.17, 15) is 4.79 Å². The molecule has 3 heterocycles. The van der Waals surface area contributed by atoms with Crippen LogP contribution in [0, 0.1) is 0 Å². The lowest BCUT2D eigenvalue weighted by atomic mass is 9.97. The maximum Gasteiger partial charge on any atom is 0.253 e. The van der Waals surface area contributed by atoms with Gasteiger partial charge in [0.05, 0.1) is 12.0 Å². The van der Waals surface area contributed by atoms with Crippen LogP contribution in [0.4, 0.5) is 17.5 Å². The number of carbonyl (C=O) groups is 1. The molecule has 2 aromatic heterocycles. The highest BCUT2D eigenvalue weighted by Gasteiger charge is 2.23. The van der Waals surface area contributed by atoms with Gasteiger partial charge in [0.25, 0.3) is 5.89 Å². The van der Waals surface area contributed by atoms with Crippen LogP contribution >= 0.6 is 0 Å². The van der Waals surface area contributed by atoms with E-state index in [4.69, 9.17) is 10.2 Å². The van der Waals surface area contributed by atoms with Crippen LogP contribution in [0.25, 0.3) is 11.5 Å². The number of nitrogens with one attached hydrogen (secondary N) is 1. The number of likely N-dealkylation sites (N-methyl/N-ethyl adjacent to an activating group) is 1. The quantitative estimate of drug-likeness (QED) is 0.696. The average molecular weight is 393 g/mol. The lowest BCUT2D eigenvalue weighted by Gasteiger charge is -2.25. The zero-order valence-corrected chi connectivity index (χ0v) is 16.9. The second kappa shape index (κ2) is 6.84. The Hall–Kier alpha value is -3.49. The fraction of sp³-hybridized carbons (Fsp3) is 0.350. The minimum absolute atomic E-state index is 0.126. The number of nitrogens with zero attached hydrogens (tertiary/aromatic N) is 5. The summed E-state index contributed by atoms with van der Waals surface area (Å²) < 4.78 is 5.72. The van der Waals surface area contributed by atoms with E-state index in [1.165, 1.54) is 0 Å². The molecule has 0 fully saturated rings. The van der Waals surface area contributed by atoms with Gasteiger partial charge in [0.2, 0.25) is 17.7 Å². The zero-order chi connectivity index (χ0) is 20.8. The molecule has 4 rings (SSSR count). The van der Waals surface area contributed by atoms with E-state index < -0.39 is 0 Å². The van der Waals surface area contributed by atoms with Gasteiger partial charge in [-0.05, 0) is 23.3 Å². The molecule has 1 amide bonds. The summed E-state index contributed by atoms with van der Waals surface area (Å²) in [4.78, 5) is 22.2. The van der Waals surface area contributed by atoms with Gasteiger partial charge in [-0.25, -0.2) is 4.98 Å². The normalized spacial score (nSPS) is 14.1. The molecule has 1 aliphatic heterocycles. The highest BCUT2D eigenvalue weighted by atomic mass is 16.4. The third-order valence-electron chi connectivity index (χ3n) is 4.75. The SMILES string of the molecule is CN1Cc2cc(Nc3ncc(-c4nnc(C(C)(C)C)o4)c(N)n3)ccc2CC1=O. The molecule has 3 aromatic rings. The Balaban J connectivity index is 1.55. The Labute approximate surface area is 168 Å². The smallest absolute Gasteiger partial charge is 0.253 e. The molecule has 9 heteroatoms. The van der Waals surface area contributed by atoms with E-state index >= 15 is 0 Å². The molecule has 0 aliphatic carbocycles. The minimum atomic E-state index is -0.256. The first-order valence-electron chi connectivity index (χ1n) is 9.30. The maximum absolute atomic E-state index is 11.8. The molecule has 9 nitrogen and oxygen atoms in total. The first-order chi connectivity index (χ1) is 13.7. The number of amides is 1. The van der Waals surface area contributed by atoms with E-state index in [0.29, 0.717) is 36.3 Å². The fourth-order valence-electron chi connectivity index (χ4n) is 3.05. The summed E-state index contributed by atoms with van der Waals surface area (Å²) in [5.74, 6) is 1.55. The Bertz CT molecular complexity index is 1080. The van der Waals surface area contributed by atoms with Crippen LogP contribution in [0.15, 0.2) is 28.8 Å². The number of fused-ring (bicyclic) bond motifs is 1. The molecule has 0 radical (unpaired) electrons. The van der Waals surface area contributed by atoms with Crippen molar-refractivity contribution in [1.82, 2.24) is 25.1 Å². The maximum atomic E-state index is 11.8. The number of anilines is 3. The predicted octanol–water partition coefficient (Wildman–Crippen LogP) is 2.66. The van der Waals surface area contributed by atoms with Crippen molar-refractivity contribution in [2.45, 2.75) is 39.2 Å². The summed E-state index contributed by atoms with van der Waals surface area (Å²) in [6, 6.07) is 5.85. The summed E-state index contributed by atoms with van der Waals surface area (Å²) in [6.45, 7) is 6.55. The van der Waals surface area contributed by atoms with E-state index in [1.54, 1.807) is 18.1 Å². The number of carbonyl (C=O) groups excluding carboxylic acids is 1. The van der Waals surface area contributed by atoms with Gasteiger partial charge >= 0.3 is 0 Å². The van der Waals surface area contributed by atoms with Crippen LogP contribution in [0.1, 0.15) is 37.8 Å². The molecule has 150 valence electrons. The van der Waals surface area contributed by atoms with Gasteiger partial charge in [-0.1, -0.05) is 26.8 Å². The molecular weight excluding hydrogens is 370 g/mol. The van der Waals surface area contributed by atoms with E-state index in [0.717, 1.165) is 16.8 Å². The number of nitrogen functional groups attached to an aromatic ring is 1. The molecule has 0 saturated carbocycles. The highest BCUT2D eigenvalue weighted by Crippen LogP contribution is 2.29. The van der Waals surface area contributed by atoms with E-state index in [1.807, 2.05) is 39.0 Å². The topological polar surface area (TPSA) is 123 Å². The van der Waals surface area contributed by atoms with Gasteiger partial charge in [-0.15, -0.1) is 10.2 Å².